The predicted molar refractivity (Wildman–Crippen MR) is 70.6 cm³/mol. The Kier molecular flexibility index (Phi) is 3.42. The maximum atomic E-state index is 12.2. The van der Waals surface area contributed by atoms with E-state index in [1.165, 1.54) is 18.2 Å². The maximum absolute atomic E-state index is 12.2. The van der Waals surface area contributed by atoms with Gasteiger partial charge in [-0.05, 0) is 36.2 Å². The Labute approximate surface area is 110 Å². The summed E-state index contributed by atoms with van der Waals surface area (Å²) in [5.41, 5.74) is 1.38. The molecular formula is C15H14O4. The number of phenols is 3. The van der Waals surface area contributed by atoms with Gasteiger partial charge < -0.3 is 15.3 Å². The van der Waals surface area contributed by atoms with Gasteiger partial charge in [0.1, 0.15) is 17.2 Å². The number of benzene rings is 2. The van der Waals surface area contributed by atoms with Crippen molar-refractivity contribution in [2.24, 2.45) is 0 Å². The van der Waals surface area contributed by atoms with Crippen molar-refractivity contribution in [3.05, 3.63) is 53.1 Å². The van der Waals surface area contributed by atoms with Crippen molar-refractivity contribution in [2.75, 3.05) is 0 Å². The fourth-order valence-corrected chi connectivity index (χ4v) is 2.05. The number of hydrogen-bond donors (Lipinski definition) is 3. The Hall–Kier alpha value is -2.49. The van der Waals surface area contributed by atoms with Gasteiger partial charge in [-0.25, -0.2) is 0 Å². The summed E-state index contributed by atoms with van der Waals surface area (Å²) < 4.78 is 0. The van der Waals surface area contributed by atoms with Gasteiger partial charge in [-0.15, -0.1) is 0 Å². The number of carbonyl (C=O) groups is 1. The molecule has 0 aliphatic carbocycles. The van der Waals surface area contributed by atoms with E-state index < -0.39 is 0 Å². The van der Waals surface area contributed by atoms with E-state index >= 15 is 0 Å². The van der Waals surface area contributed by atoms with Crippen LogP contribution < -0.4 is 0 Å². The van der Waals surface area contributed by atoms with Crippen molar-refractivity contribution in [1.29, 1.82) is 0 Å². The second-order valence-electron chi connectivity index (χ2n) is 4.43. The molecule has 19 heavy (non-hydrogen) atoms. The number of ketones is 1. The van der Waals surface area contributed by atoms with Crippen molar-refractivity contribution in [3.63, 3.8) is 0 Å². The smallest absolute Gasteiger partial charge is 0.171 e. The van der Waals surface area contributed by atoms with Gasteiger partial charge in [0.2, 0.25) is 0 Å². The van der Waals surface area contributed by atoms with Crippen LogP contribution in [0.15, 0.2) is 36.4 Å². The Morgan fingerprint density at radius 2 is 1.79 bits per heavy atom. The molecule has 4 heteroatoms. The van der Waals surface area contributed by atoms with Crippen molar-refractivity contribution in [1.82, 2.24) is 0 Å². The van der Waals surface area contributed by atoms with E-state index in [0.29, 0.717) is 11.1 Å². The Bertz CT molecular complexity index is 609. The van der Waals surface area contributed by atoms with Gasteiger partial charge >= 0.3 is 0 Å². The number of carbonyl (C=O) groups excluding carboxylic acids is 1. The second-order valence-corrected chi connectivity index (χ2v) is 4.43. The molecule has 3 N–H and O–H groups in total. The van der Waals surface area contributed by atoms with Crippen LogP contribution in [0.1, 0.15) is 21.5 Å². The van der Waals surface area contributed by atoms with Crippen LogP contribution in [0.5, 0.6) is 17.2 Å². The second kappa shape index (κ2) is 5.02. The molecule has 0 bridgehead atoms. The minimum absolute atomic E-state index is 0.0770. The van der Waals surface area contributed by atoms with Crippen LogP contribution in [0.4, 0.5) is 0 Å². The van der Waals surface area contributed by atoms with Gasteiger partial charge in [0.05, 0.1) is 5.56 Å². The highest BCUT2D eigenvalue weighted by Gasteiger charge is 2.16. The largest absolute Gasteiger partial charge is 0.508 e. The minimum atomic E-state index is -0.263. The standard InChI is InChI=1S/C15H14O4/c1-9-5-12(17)8-14(19)15(9)13(18)7-10-3-2-4-11(16)6-10/h2-6,8,16-17,19H,7H2,1H3. The lowest BCUT2D eigenvalue weighted by molar-refractivity contribution is 0.0990. The average Bonchev–Trinajstić information content (AvgIpc) is 2.27. The molecule has 0 aromatic heterocycles. The summed E-state index contributed by atoms with van der Waals surface area (Å²) in [6, 6.07) is 8.98. The van der Waals surface area contributed by atoms with E-state index in [4.69, 9.17) is 0 Å². The van der Waals surface area contributed by atoms with Gasteiger partial charge in [-0.3, -0.25) is 4.79 Å². The molecule has 0 amide bonds. The number of aryl methyl sites for hydroxylation is 1. The predicted octanol–water partition coefficient (Wildman–Crippen LogP) is 2.54. The van der Waals surface area contributed by atoms with Crippen molar-refractivity contribution in [2.45, 2.75) is 13.3 Å². The van der Waals surface area contributed by atoms with E-state index in [-0.39, 0.29) is 35.0 Å². The lowest BCUT2D eigenvalue weighted by Crippen LogP contribution is -2.06. The molecule has 0 heterocycles. The van der Waals surface area contributed by atoms with Crippen molar-refractivity contribution in [3.8, 4) is 17.2 Å². The number of Topliss-reactive ketones (excluding diaryl/α,β-unsaturated/α-hetero) is 1. The van der Waals surface area contributed by atoms with Crippen LogP contribution in [0.25, 0.3) is 0 Å². The van der Waals surface area contributed by atoms with E-state index in [1.54, 1.807) is 19.1 Å². The molecule has 0 saturated heterocycles. The first-order valence-corrected chi connectivity index (χ1v) is 5.81. The molecule has 98 valence electrons. The lowest BCUT2D eigenvalue weighted by atomic mass is 9.98. The van der Waals surface area contributed by atoms with E-state index in [9.17, 15) is 20.1 Å². The van der Waals surface area contributed by atoms with Crippen LogP contribution in [0, 0.1) is 6.92 Å². The summed E-state index contributed by atoms with van der Waals surface area (Å²) in [4.78, 5) is 12.2. The van der Waals surface area contributed by atoms with Gasteiger partial charge in [0, 0.05) is 12.5 Å². The fourth-order valence-electron chi connectivity index (χ4n) is 2.05. The first kappa shape index (κ1) is 13.0. The molecule has 0 atom stereocenters. The average molecular weight is 258 g/mol. The van der Waals surface area contributed by atoms with E-state index in [2.05, 4.69) is 0 Å². The van der Waals surface area contributed by atoms with Gasteiger partial charge in [-0.1, -0.05) is 12.1 Å². The highest BCUT2D eigenvalue weighted by atomic mass is 16.3. The molecule has 2 aromatic rings. The Morgan fingerprint density at radius 3 is 2.42 bits per heavy atom. The third kappa shape index (κ3) is 2.85. The van der Waals surface area contributed by atoms with Gasteiger partial charge in [0.15, 0.2) is 5.78 Å². The van der Waals surface area contributed by atoms with Crippen LogP contribution in [0.2, 0.25) is 0 Å². The molecule has 0 fully saturated rings. The third-order valence-corrected chi connectivity index (χ3v) is 2.85. The van der Waals surface area contributed by atoms with Gasteiger partial charge in [0.25, 0.3) is 0 Å². The molecule has 0 saturated carbocycles. The Morgan fingerprint density at radius 1 is 1.05 bits per heavy atom. The Balaban J connectivity index is 2.31. The molecule has 4 nitrogen and oxygen atoms in total. The molecule has 0 unspecified atom stereocenters. The molecule has 0 aliphatic rings. The van der Waals surface area contributed by atoms with Crippen molar-refractivity contribution < 1.29 is 20.1 Å². The summed E-state index contributed by atoms with van der Waals surface area (Å²) in [7, 11) is 0. The summed E-state index contributed by atoms with van der Waals surface area (Å²) in [6.07, 6.45) is 0.0770. The number of rotatable bonds is 3. The summed E-state index contributed by atoms with van der Waals surface area (Å²) in [5, 5.41) is 28.4. The topological polar surface area (TPSA) is 77.8 Å². The zero-order valence-electron chi connectivity index (χ0n) is 10.4. The monoisotopic (exact) mass is 258 g/mol. The first-order chi connectivity index (χ1) is 8.97. The quantitative estimate of drug-likeness (QED) is 0.739. The van der Waals surface area contributed by atoms with Gasteiger partial charge in [-0.2, -0.15) is 0 Å². The molecule has 2 rings (SSSR count). The zero-order chi connectivity index (χ0) is 14.0. The molecular weight excluding hydrogens is 244 g/mol. The fraction of sp³-hybridized carbons (Fsp3) is 0.133. The summed E-state index contributed by atoms with van der Waals surface area (Å²) in [6.45, 7) is 1.65. The van der Waals surface area contributed by atoms with E-state index in [0.717, 1.165) is 6.07 Å². The molecule has 2 aromatic carbocycles. The van der Waals surface area contributed by atoms with Crippen LogP contribution in [0.3, 0.4) is 0 Å². The number of aromatic hydroxyl groups is 3. The molecule has 0 aliphatic heterocycles. The third-order valence-electron chi connectivity index (χ3n) is 2.85. The SMILES string of the molecule is Cc1cc(O)cc(O)c1C(=O)Cc1cccc(O)c1. The maximum Gasteiger partial charge on any atom is 0.171 e. The highest BCUT2D eigenvalue weighted by molar-refractivity contribution is 6.01. The number of hydrogen-bond acceptors (Lipinski definition) is 4. The summed E-state index contributed by atoms with van der Waals surface area (Å²) >= 11 is 0. The lowest BCUT2D eigenvalue weighted by Gasteiger charge is -2.08. The van der Waals surface area contributed by atoms with Crippen LogP contribution in [-0.2, 0) is 6.42 Å². The first-order valence-electron chi connectivity index (χ1n) is 5.81. The molecule has 0 radical (unpaired) electrons. The number of phenolic OH excluding ortho intramolecular Hbond substituents is 3. The highest BCUT2D eigenvalue weighted by Crippen LogP contribution is 2.28. The normalized spacial score (nSPS) is 10.4. The van der Waals surface area contributed by atoms with E-state index in [1.807, 2.05) is 0 Å². The van der Waals surface area contributed by atoms with Crippen LogP contribution in [-0.4, -0.2) is 21.1 Å². The van der Waals surface area contributed by atoms with Crippen molar-refractivity contribution >= 4 is 5.78 Å². The van der Waals surface area contributed by atoms with Crippen LogP contribution >= 0.6 is 0 Å². The summed E-state index contributed by atoms with van der Waals surface area (Å²) in [5.74, 6) is -0.482. The zero-order valence-corrected chi connectivity index (χ0v) is 10.4. The molecule has 0 spiro atoms. The minimum Gasteiger partial charge on any atom is -0.508 e.